The predicted octanol–water partition coefficient (Wildman–Crippen LogP) is 1.96. The summed E-state index contributed by atoms with van der Waals surface area (Å²) in [6.45, 7) is 3.85. The lowest BCUT2D eigenvalue weighted by Crippen LogP contribution is -2.51. The number of fused-ring (bicyclic) bond motifs is 1. The van der Waals surface area contributed by atoms with E-state index in [4.69, 9.17) is 4.42 Å². The first-order valence-corrected chi connectivity index (χ1v) is 6.82. The molecule has 0 N–H and O–H groups in total. The van der Waals surface area contributed by atoms with Crippen molar-refractivity contribution in [3.05, 3.63) is 22.6 Å². The lowest BCUT2D eigenvalue weighted by molar-refractivity contribution is 0.0540. The van der Waals surface area contributed by atoms with Gasteiger partial charge in [-0.25, -0.2) is 0 Å². The van der Waals surface area contributed by atoms with E-state index in [1.54, 1.807) is 12.1 Å². The van der Waals surface area contributed by atoms with Crippen molar-refractivity contribution >= 4 is 21.8 Å². The summed E-state index contributed by atoms with van der Waals surface area (Å²) < 4.78 is 5.93. The fraction of sp³-hybridized carbons (Fsp3) is 0.583. The highest BCUT2D eigenvalue weighted by Gasteiger charge is 2.33. The number of carbonyl (C=O) groups is 1. The van der Waals surface area contributed by atoms with E-state index in [9.17, 15) is 4.79 Å². The molecule has 2 saturated heterocycles. The van der Waals surface area contributed by atoms with Crippen LogP contribution in [0.25, 0.3) is 0 Å². The van der Waals surface area contributed by atoms with Gasteiger partial charge in [0.2, 0.25) is 0 Å². The molecule has 3 rings (SSSR count). The topological polar surface area (TPSA) is 36.7 Å². The minimum Gasteiger partial charge on any atom is -0.444 e. The molecule has 2 aliphatic heterocycles. The van der Waals surface area contributed by atoms with E-state index < -0.39 is 0 Å². The highest BCUT2D eigenvalue weighted by Crippen LogP contribution is 2.23. The smallest absolute Gasteiger partial charge is 0.289 e. The van der Waals surface area contributed by atoms with Crippen LogP contribution in [0.3, 0.4) is 0 Å². The Morgan fingerprint density at radius 1 is 1.35 bits per heavy atom. The molecule has 5 heteroatoms. The Labute approximate surface area is 109 Å². The fourth-order valence-corrected chi connectivity index (χ4v) is 3.07. The fourth-order valence-electron chi connectivity index (χ4n) is 2.76. The number of carbonyl (C=O) groups excluding carboxylic acids is 1. The minimum absolute atomic E-state index is 0.0160. The van der Waals surface area contributed by atoms with Crippen molar-refractivity contribution in [1.29, 1.82) is 0 Å². The van der Waals surface area contributed by atoms with Crippen LogP contribution in [0.4, 0.5) is 0 Å². The third-order valence-corrected chi connectivity index (χ3v) is 4.08. The van der Waals surface area contributed by atoms with Crippen LogP contribution in [0.15, 0.2) is 21.2 Å². The van der Waals surface area contributed by atoms with Crippen LogP contribution in [-0.2, 0) is 0 Å². The molecule has 0 unspecified atom stereocenters. The average Bonchev–Trinajstić information content (AvgIpc) is 2.95. The number of halogens is 1. The molecular weight excluding hydrogens is 284 g/mol. The molecule has 0 aliphatic carbocycles. The number of nitrogens with zero attached hydrogens (tertiary/aromatic N) is 2. The maximum absolute atomic E-state index is 12.2. The van der Waals surface area contributed by atoms with Crippen LogP contribution < -0.4 is 0 Å². The molecule has 0 spiro atoms. The SMILES string of the molecule is O=C(c1ccc(Br)o1)N1CCN2CCC[C@@H]2C1. The third kappa shape index (κ3) is 2.13. The van der Waals surface area contributed by atoms with Crippen molar-refractivity contribution in [2.45, 2.75) is 18.9 Å². The molecule has 0 saturated carbocycles. The van der Waals surface area contributed by atoms with Gasteiger partial charge in [-0.1, -0.05) is 0 Å². The van der Waals surface area contributed by atoms with Crippen molar-refractivity contribution in [1.82, 2.24) is 9.80 Å². The predicted molar refractivity (Wildman–Crippen MR) is 66.9 cm³/mol. The minimum atomic E-state index is 0.0160. The monoisotopic (exact) mass is 298 g/mol. The zero-order valence-corrected chi connectivity index (χ0v) is 11.1. The number of hydrogen-bond acceptors (Lipinski definition) is 3. The van der Waals surface area contributed by atoms with Crippen molar-refractivity contribution in [2.75, 3.05) is 26.2 Å². The highest BCUT2D eigenvalue weighted by atomic mass is 79.9. The second-order valence-corrected chi connectivity index (χ2v) is 5.47. The van der Waals surface area contributed by atoms with Gasteiger partial charge >= 0.3 is 0 Å². The van der Waals surface area contributed by atoms with Gasteiger partial charge in [0.05, 0.1) is 0 Å². The first kappa shape index (κ1) is 11.3. The van der Waals surface area contributed by atoms with Gasteiger partial charge in [-0.15, -0.1) is 0 Å². The van der Waals surface area contributed by atoms with Crippen molar-refractivity contribution < 1.29 is 9.21 Å². The molecule has 1 amide bonds. The van der Waals surface area contributed by atoms with E-state index in [1.165, 1.54) is 19.4 Å². The Hall–Kier alpha value is -0.810. The van der Waals surface area contributed by atoms with E-state index in [0.29, 0.717) is 16.5 Å². The molecule has 2 aliphatic rings. The Bertz CT molecular complexity index is 432. The van der Waals surface area contributed by atoms with Gasteiger partial charge in [0.25, 0.3) is 5.91 Å². The first-order valence-electron chi connectivity index (χ1n) is 6.03. The molecular formula is C12H15BrN2O2. The molecule has 3 heterocycles. The lowest BCUT2D eigenvalue weighted by atomic mass is 10.1. The maximum atomic E-state index is 12.2. The summed E-state index contributed by atoms with van der Waals surface area (Å²) in [7, 11) is 0. The number of furan rings is 1. The van der Waals surface area contributed by atoms with Gasteiger partial charge in [-0.2, -0.15) is 0 Å². The number of rotatable bonds is 1. The van der Waals surface area contributed by atoms with Crippen LogP contribution in [0, 0.1) is 0 Å². The van der Waals surface area contributed by atoms with Crippen LogP contribution in [-0.4, -0.2) is 47.9 Å². The Balaban J connectivity index is 1.70. The number of hydrogen-bond donors (Lipinski definition) is 0. The Morgan fingerprint density at radius 2 is 2.24 bits per heavy atom. The zero-order chi connectivity index (χ0) is 11.8. The Kier molecular flexibility index (Phi) is 2.96. The summed E-state index contributed by atoms with van der Waals surface area (Å²) in [6.07, 6.45) is 2.48. The molecule has 92 valence electrons. The molecule has 0 radical (unpaired) electrons. The van der Waals surface area contributed by atoms with E-state index >= 15 is 0 Å². The van der Waals surface area contributed by atoms with E-state index in [0.717, 1.165) is 19.6 Å². The van der Waals surface area contributed by atoms with Crippen molar-refractivity contribution in [3.63, 3.8) is 0 Å². The third-order valence-electron chi connectivity index (χ3n) is 3.66. The summed E-state index contributed by atoms with van der Waals surface area (Å²) in [5.74, 6) is 0.450. The summed E-state index contributed by atoms with van der Waals surface area (Å²) >= 11 is 3.22. The standard InChI is InChI=1S/C12H15BrN2O2/c13-11-4-3-10(17-11)12(16)15-7-6-14-5-1-2-9(14)8-15/h3-4,9H,1-2,5-8H2/t9-/m1/s1. The number of amides is 1. The molecule has 0 bridgehead atoms. The molecule has 1 aromatic rings. The maximum Gasteiger partial charge on any atom is 0.289 e. The van der Waals surface area contributed by atoms with E-state index in [1.807, 2.05) is 4.90 Å². The quantitative estimate of drug-likeness (QED) is 0.795. The second kappa shape index (κ2) is 4.46. The van der Waals surface area contributed by atoms with Gasteiger partial charge in [0.15, 0.2) is 10.4 Å². The highest BCUT2D eigenvalue weighted by molar-refractivity contribution is 9.10. The largest absolute Gasteiger partial charge is 0.444 e. The average molecular weight is 299 g/mol. The van der Waals surface area contributed by atoms with Gasteiger partial charge in [-0.3, -0.25) is 9.69 Å². The van der Waals surface area contributed by atoms with Gasteiger partial charge in [0.1, 0.15) is 0 Å². The van der Waals surface area contributed by atoms with Gasteiger partial charge in [-0.05, 0) is 47.4 Å². The van der Waals surface area contributed by atoms with Crippen molar-refractivity contribution in [2.24, 2.45) is 0 Å². The first-order chi connectivity index (χ1) is 8.24. The lowest BCUT2D eigenvalue weighted by Gasteiger charge is -2.37. The molecule has 1 atom stereocenters. The molecule has 2 fully saturated rings. The van der Waals surface area contributed by atoms with Crippen molar-refractivity contribution in [3.8, 4) is 0 Å². The van der Waals surface area contributed by atoms with Gasteiger partial charge in [0, 0.05) is 25.7 Å². The summed E-state index contributed by atoms with van der Waals surface area (Å²) in [5, 5.41) is 0. The van der Waals surface area contributed by atoms with Crippen LogP contribution >= 0.6 is 15.9 Å². The van der Waals surface area contributed by atoms with E-state index in [2.05, 4.69) is 20.8 Å². The van der Waals surface area contributed by atoms with E-state index in [-0.39, 0.29) is 5.91 Å². The number of piperazine rings is 1. The molecule has 0 aromatic carbocycles. The molecule has 1 aromatic heterocycles. The summed E-state index contributed by atoms with van der Waals surface area (Å²) in [6, 6.07) is 4.05. The van der Waals surface area contributed by atoms with Crippen LogP contribution in [0.1, 0.15) is 23.4 Å². The summed E-state index contributed by atoms with van der Waals surface area (Å²) in [4.78, 5) is 16.6. The summed E-state index contributed by atoms with van der Waals surface area (Å²) in [5.41, 5.74) is 0. The van der Waals surface area contributed by atoms with Gasteiger partial charge < -0.3 is 9.32 Å². The molecule has 17 heavy (non-hydrogen) atoms. The van der Waals surface area contributed by atoms with Crippen LogP contribution in [0.5, 0.6) is 0 Å². The molecule has 4 nitrogen and oxygen atoms in total. The second-order valence-electron chi connectivity index (χ2n) is 4.69. The zero-order valence-electron chi connectivity index (χ0n) is 9.56. The normalized spacial score (nSPS) is 25.0. The van der Waals surface area contributed by atoms with Crippen LogP contribution in [0.2, 0.25) is 0 Å². The Morgan fingerprint density at radius 3 is 3.00 bits per heavy atom.